The Morgan fingerprint density at radius 3 is 1.96 bits per heavy atom. The van der Waals surface area contributed by atoms with Gasteiger partial charge in [0.25, 0.3) is 10.0 Å². The average molecular weight is 402 g/mol. The molecule has 0 aromatic heterocycles. The number of sulfonamides is 1. The van der Waals surface area contributed by atoms with Crippen LogP contribution in [0.25, 0.3) is 0 Å². The molecule has 4 nitrogen and oxygen atoms in total. The predicted octanol–water partition coefficient (Wildman–Crippen LogP) is 0.830. The van der Waals surface area contributed by atoms with Crippen LogP contribution in [0.5, 0.6) is 0 Å². The fourth-order valence-electron chi connectivity index (χ4n) is 2.88. The smallest absolute Gasteiger partial charge is 0.273 e. The van der Waals surface area contributed by atoms with Gasteiger partial charge in [0, 0.05) is 0 Å². The van der Waals surface area contributed by atoms with Crippen LogP contribution in [0.3, 0.4) is 0 Å². The van der Waals surface area contributed by atoms with Crippen molar-refractivity contribution in [2.24, 2.45) is 0 Å². The second kappa shape index (κ2) is 10.0. The van der Waals surface area contributed by atoms with Gasteiger partial charge in [0.2, 0.25) is 5.91 Å². The van der Waals surface area contributed by atoms with Crippen LogP contribution in [0.2, 0.25) is 0 Å². The Kier molecular flexibility index (Phi) is 8.01. The van der Waals surface area contributed by atoms with E-state index in [2.05, 4.69) is 4.72 Å². The summed E-state index contributed by atoms with van der Waals surface area (Å²) in [7, 11) is -3.92. The van der Waals surface area contributed by atoms with Crippen LogP contribution in [0.1, 0.15) is 22.6 Å². The Bertz CT molecular complexity index is 1000. The summed E-state index contributed by atoms with van der Waals surface area (Å²) in [6, 6.07) is 25.2. The van der Waals surface area contributed by atoms with E-state index >= 15 is 0 Å². The molecule has 1 atom stereocenters. The van der Waals surface area contributed by atoms with Gasteiger partial charge in [-0.1, -0.05) is 78.4 Å². The Morgan fingerprint density at radius 1 is 0.857 bits per heavy atom. The zero-order valence-electron chi connectivity index (χ0n) is 16.0. The standard InChI is InChI=1S/C22H21NO3S.Na/c1-17-12-14-20(15-13-17)27(25,26)23-22(24)21(19-10-6-3-7-11-19)16-18-8-4-2-5-9-18;/h2-15,21H,16H2,1H3,(H,23,24);/q;+1. The van der Waals surface area contributed by atoms with Gasteiger partial charge in [-0.3, -0.25) is 4.79 Å². The van der Waals surface area contributed by atoms with E-state index in [4.69, 9.17) is 0 Å². The minimum Gasteiger partial charge on any atom is -0.273 e. The van der Waals surface area contributed by atoms with E-state index in [9.17, 15) is 13.2 Å². The number of carbonyl (C=O) groups excluding carboxylic acids is 1. The maximum absolute atomic E-state index is 12.9. The summed E-state index contributed by atoms with van der Waals surface area (Å²) in [6.45, 7) is 1.88. The van der Waals surface area contributed by atoms with Gasteiger partial charge in [-0.2, -0.15) is 0 Å². The molecule has 3 aromatic rings. The number of carbonyl (C=O) groups is 1. The van der Waals surface area contributed by atoms with Gasteiger partial charge in [-0.25, -0.2) is 13.1 Å². The van der Waals surface area contributed by atoms with Crippen LogP contribution in [0.15, 0.2) is 89.8 Å². The van der Waals surface area contributed by atoms with Crippen LogP contribution >= 0.6 is 0 Å². The number of benzene rings is 3. The van der Waals surface area contributed by atoms with Crippen LogP contribution < -0.4 is 34.3 Å². The molecule has 28 heavy (non-hydrogen) atoms. The maximum atomic E-state index is 12.9. The quantitative estimate of drug-likeness (QED) is 0.622. The number of nitrogens with one attached hydrogen (secondary N) is 1. The van der Waals surface area contributed by atoms with E-state index in [1.54, 1.807) is 12.1 Å². The van der Waals surface area contributed by atoms with Crippen LogP contribution in [0.4, 0.5) is 0 Å². The molecule has 0 radical (unpaired) electrons. The van der Waals surface area contributed by atoms with Crippen molar-refractivity contribution >= 4 is 15.9 Å². The van der Waals surface area contributed by atoms with Gasteiger partial charge < -0.3 is 0 Å². The van der Waals surface area contributed by atoms with Crippen molar-refractivity contribution in [1.29, 1.82) is 0 Å². The minimum atomic E-state index is -3.92. The minimum absolute atomic E-state index is 0. The topological polar surface area (TPSA) is 63.2 Å². The summed E-state index contributed by atoms with van der Waals surface area (Å²) < 4.78 is 27.5. The SMILES string of the molecule is Cc1ccc(S(=O)(=O)NC(=O)C(Cc2ccccc2)c2ccccc2)cc1.[Na+]. The van der Waals surface area contributed by atoms with E-state index < -0.39 is 21.8 Å². The summed E-state index contributed by atoms with van der Waals surface area (Å²) in [5.74, 6) is -1.14. The molecule has 0 saturated carbocycles. The molecule has 1 N–H and O–H groups in total. The normalized spacial score (nSPS) is 11.9. The van der Waals surface area contributed by atoms with E-state index in [1.165, 1.54) is 12.1 Å². The summed E-state index contributed by atoms with van der Waals surface area (Å²) in [6.07, 6.45) is 0.417. The molecule has 0 aliphatic heterocycles. The fraction of sp³-hybridized carbons (Fsp3) is 0.136. The Labute approximate surface area is 188 Å². The van der Waals surface area contributed by atoms with E-state index in [-0.39, 0.29) is 34.5 Å². The van der Waals surface area contributed by atoms with Crippen molar-refractivity contribution in [1.82, 2.24) is 4.72 Å². The first-order valence-corrected chi connectivity index (χ1v) is 10.2. The largest absolute Gasteiger partial charge is 1.00 e. The van der Waals surface area contributed by atoms with Gasteiger partial charge >= 0.3 is 29.6 Å². The molecular weight excluding hydrogens is 381 g/mol. The molecule has 0 aliphatic rings. The Morgan fingerprint density at radius 2 is 1.39 bits per heavy atom. The molecular formula is C22H21NNaO3S+. The van der Waals surface area contributed by atoms with Crippen LogP contribution in [-0.2, 0) is 21.2 Å². The third-order valence-electron chi connectivity index (χ3n) is 4.37. The third kappa shape index (κ3) is 5.79. The zero-order valence-corrected chi connectivity index (χ0v) is 18.8. The average Bonchev–Trinajstić information content (AvgIpc) is 2.67. The van der Waals surface area contributed by atoms with Gasteiger partial charge in [0.05, 0.1) is 10.8 Å². The van der Waals surface area contributed by atoms with E-state index in [0.29, 0.717) is 6.42 Å². The number of aryl methyl sites for hydroxylation is 1. The molecule has 3 aromatic carbocycles. The third-order valence-corrected chi connectivity index (χ3v) is 5.73. The summed E-state index contributed by atoms with van der Waals surface area (Å²) in [5, 5.41) is 0. The predicted molar refractivity (Wildman–Crippen MR) is 106 cm³/mol. The Hall–Kier alpha value is -1.92. The molecule has 0 heterocycles. The number of amides is 1. The van der Waals surface area contributed by atoms with Crippen molar-refractivity contribution in [3.8, 4) is 0 Å². The fourth-order valence-corrected chi connectivity index (χ4v) is 3.90. The van der Waals surface area contributed by atoms with Crippen LogP contribution in [-0.4, -0.2) is 14.3 Å². The first-order chi connectivity index (χ1) is 13.0. The van der Waals surface area contributed by atoms with Gasteiger partial charge in [0.1, 0.15) is 0 Å². The molecule has 1 amide bonds. The van der Waals surface area contributed by atoms with Crippen molar-refractivity contribution in [2.75, 3.05) is 0 Å². The molecule has 3 rings (SSSR count). The van der Waals surface area contributed by atoms with Crippen molar-refractivity contribution in [2.45, 2.75) is 24.2 Å². The molecule has 1 unspecified atom stereocenters. The zero-order chi connectivity index (χ0) is 19.3. The van der Waals surface area contributed by atoms with Crippen LogP contribution in [0, 0.1) is 6.92 Å². The first-order valence-electron chi connectivity index (χ1n) is 8.68. The maximum Gasteiger partial charge on any atom is 1.00 e. The first kappa shape index (κ1) is 22.4. The Balaban J connectivity index is 0.00000280. The monoisotopic (exact) mass is 402 g/mol. The second-order valence-corrected chi connectivity index (χ2v) is 8.12. The molecule has 0 spiro atoms. The molecule has 138 valence electrons. The molecule has 0 aliphatic carbocycles. The number of rotatable bonds is 6. The van der Waals surface area contributed by atoms with Crippen molar-refractivity contribution in [3.05, 3.63) is 102 Å². The molecule has 0 fully saturated rings. The van der Waals surface area contributed by atoms with E-state index in [1.807, 2.05) is 67.6 Å². The number of hydrogen-bond acceptors (Lipinski definition) is 3. The van der Waals surface area contributed by atoms with Gasteiger partial charge in [-0.15, -0.1) is 0 Å². The molecule has 6 heteroatoms. The molecule has 0 saturated heterocycles. The summed E-state index contributed by atoms with van der Waals surface area (Å²) in [5.41, 5.74) is 2.69. The van der Waals surface area contributed by atoms with Gasteiger partial charge in [-0.05, 0) is 36.6 Å². The van der Waals surface area contributed by atoms with Crippen molar-refractivity contribution in [3.63, 3.8) is 0 Å². The van der Waals surface area contributed by atoms with Crippen molar-refractivity contribution < 1.29 is 42.8 Å². The van der Waals surface area contributed by atoms with Gasteiger partial charge in [0.15, 0.2) is 0 Å². The second-order valence-electron chi connectivity index (χ2n) is 6.44. The number of hydrogen-bond donors (Lipinski definition) is 1. The molecule has 0 bridgehead atoms. The summed E-state index contributed by atoms with van der Waals surface area (Å²) in [4.78, 5) is 13.0. The summed E-state index contributed by atoms with van der Waals surface area (Å²) >= 11 is 0. The van der Waals surface area contributed by atoms with E-state index in [0.717, 1.165) is 16.7 Å².